The van der Waals surface area contributed by atoms with Gasteiger partial charge in [-0.25, -0.2) is 4.79 Å². The van der Waals surface area contributed by atoms with Gasteiger partial charge in [-0.3, -0.25) is 4.79 Å². The Bertz CT molecular complexity index is 1550. The summed E-state index contributed by atoms with van der Waals surface area (Å²) >= 11 is 0. The van der Waals surface area contributed by atoms with Crippen LogP contribution in [0.25, 0.3) is 0 Å². The van der Waals surface area contributed by atoms with Crippen LogP contribution in [0.2, 0.25) is 0 Å². The van der Waals surface area contributed by atoms with Crippen LogP contribution in [0, 0.1) is 35.5 Å². The smallest absolute Gasteiger partial charge is 0.407 e. The average Bonchev–Trinajstić information content (AvgIpc) is 3.87. The number of benzene rings is 1. The van der Waals surface area contributed by atoms with Crippen molar-refractivity contribution < 1.29 is 58.1 Å². The first-order valence-electron chi connectivity index (χ1n) is 21.3. The number of amides is 1. The average molecular weight is 804 g/mol. The highest BCUT2D eigenvalue weighted by atomic mass is 16.7. The zero-order valence-electron chi connectivity index (χ0n) is 35.6. The molecule has 1 spiro atoms. The van der Waals surface area contributed by atoms with Crippen molar-refractivity contribution in [2.24, 2.45) is 35.5 Å². The number of carbonyl (C=O) groups excluding carboxylic acids is 1. The minimum Gasteiger partial charge on any atom is -0.481 e. The number of aliphatic carboxylic acids is 1. The molecule has 5 fully saturated rings. The second-order valence-corrected chi connectivity index (χ2v) is 18.9. The maximum atomic E-state index is 12.8. The lowest BCUT2D eigenvalue weighted by Gasteiger charge is -2.48. The summed E-state index contributed by atoms with van der Waals surface area (Å²) in [6.07, 6.45) is 0.955. The number of nitrogens with one attached hydrogen (secondary N) is 1. The van der Waals surface area contributed by atoms with E-state index >= 15 is 0 Å². The Morgan fingerprint density at radius 1 is 0.947 bits per heavy atom. The van der Waals surface area contributed by atoms with Gasteiger partial charge in [0.05, 0.1) is 65.9 Å². The Hall–Kier alpha value is -2.36. The molecule has 1 aromatic carbocycles. The van der Waals surface area contributed by atoms with E-state index in [2.05, 4.69) is 33.0 Å². The van der Waals surface area contributed by atoms with Crippen LogP contribution in [0.1, 0.15) is 119 Å². The zero-order chi connectivity index (χ0) is 41.7. The summed E-state index contributed by atoms with van der Waals surface area (Å²) in [4.78, 5) is 24.7. The molecule has 5 aliphatic heterocycles. The third-order valence-electron chi connectivity index (χ3n) is 14.5. The molecule has 13 heteroatoms. The van der Waals surface area contributed by atoms with Gasteiger partial charge >= 0.3 is 12.1 Å². The summed E-state index contributed by atoms with van der Waals surface area (Å²) in [5, 5.41) is 35.7. The molecule has 13 nitrogen and oxygen atoms in total. The lowest BCUT2D eigenvalue weighted by atomic mass is 9.78. The summed E-state index contributed by atoms with van der Waals surface area (Å²) in [5.74, 6) is -4.96. The molecule has 1 amide bonds. The van der Waals surface area contributed by atoms with Crippen molar-refractivity contribution in [3.63, 3.8) is 0 Å². The molecule has 0 aliphatic carbocycles. The number of alkyl carbamates (subject to hydrolysis) is 1. The first-order valence-corrected chi connectivity index (χ1v) is 21.3. The van der Waals surface area contributed by atoms with Crippen LogP contribution in [0.4, 0.5) is 4.79 Å². The summed E-state index contributed by atoms with van der Waals surface area (Å²) in [6.45, 7) is 17.5. The second kappa shape index (κ2) is 17.0. The Morgan fingerprint density at radius 2 is 1.65 bits per heavy atom. The van der Waals surface area contributed by atoms with Crippen molar-refractivity contribution in [3.8, 4) is 0 Å². The van der Waals surface area contributed by atoms with Crippen molar-refractivity contribution in [1.82, 2.24) is 5.32 Å². The Balaban J connectivity index is 1.07. The van der Waals surface area contributed by atoms with Gasteiger partial charge in [-0.15, -0.1) is 0 Å². The summed E-state index contributed by atoms with van der Waals surface area (Å²) in [6, 6.07) is 9.35. The highest BCUT2D eigenvalue weighted by Gasteiger charge is 2.61. The van der Waals surface area contributed by atoms with E-state index in [9.17, 15) is 24.9 Å². The largest absolute Gasteiger partial charge is 0.481 e. The van der Waals surface area contributed by atoms with Crippen LogP contribution in [0.5, 0.6) is 0 Å². The molecule has 0 aromatic heterocycles. The van der Waals surface area contributed by atoms with Gasteiger partial charge in [-0.2, -0.15) is 0 Å². The van der Waals surface area contributed by atoms with Crippen molar-refractivity contribution in [2.75, 3.05) is 13.7 Å². The molecule has 5 saturated heterocycles. The molecule has 1 aromatic rings. The third-order valence-corrected chi connectivity index (χ3v) is 14.5. The molecule has 57 heavy (non-hydrogen) atoms. The van der Waals surface area contributed by atoms with Crippen LogP contribution in [0.15, 0.2) is 30.3 Å². The van der Waals surface area contributed by atoms with Crippen LogP contribution in [-0.2, 0) is 38.0 Å². The van der Waals surface area contributed by atoms with Gasteiger partial charge in [-0.1, -0.05) is 65.0 Å². The van der Waals surface area contributed by atoms with E-state index in [4.69, 9.17) is 33.2 Å². The molecule has 5 heterocycles. The van der Waals surface area contributed by atoms with Gasteiger partial charge in [0.15, 0.2) is 5.79 Å². The summed E-state index contributed by atoms with van der Waals surface area (Å²) < 4.78 is 45.3. The quantitative estimate of drug-likeness (QED) is 0.184. The number of carboxylic acids is 1. The lowest BCUT2D eigenvalue weighted by molar-refractivity contribution is -0.336. The van der Waals surface area contributed by atoms with Crippen molar-refractivity contribution >= 4 is 12.1 Å². The fourth-order valence-electron chi connectivity index (χ4n) is 10.8. The Kier molecular flexibility index (Phi) is 13.1. The number of ether oxygens (including phenoxy) is 7. The Morgan fingerprint density at radius 3 is 2.32 bits per heavy atom. The number of carboxylic acid groups (broad SMARTS) is 1. The molecular weight excluding hydrogens is 734 g/mol. The van der Waals surface area contributed by atoms with Gasteiger partial charge < -0.3 is 53.8 Å². The third kappa shape index (κ3) is 8.92. The van der Waals surface area contributed by atoms with E-state index in [0.29, 0.717) is 25.7 Å². The molecule has 5 aliphatic rings. The van der Waals surface area contributed by atoms with E-state index in [1.165, 1.54) is 7.11 Å². The van der Waals surface area contributed by atoms with Crippen molar-refractivity contribution in [2.45, 2.75) is 179 Å². The number of aliphatic hydroxyl groups is 2. The maximum absolute atomic E-state index is 12.8. The molecule has 0 saturated carbocycles. The molecule has 2 unspecified atom stereocenters. The van der Waals surface area contributed by atoms with Crippen molar-refractivity contribution in [3.05, 3.63) is 35.9 Å². The molecule has 4 N–H and O–H groups in total. The van der Waals surface area contributed by atoms with E-state index in [0.717, 1.165) is 24.8 Å². The number of methoxy groups -OCH3 is 1. The van der Waals surface area contributed by atoms with Gasteiger partial charge in [-0.05, 0) is 77.2 Å². The molecule has 0 radical (unpaired) electrons. The van der Waals surface area contributed by atoms with E-state index in [-0.39, 0.29) is 60.6 Å². The number of hydrogen-bond donors (Lipinski definition) is 4. The normalized spacial score (nSPS) is 44.4. The predicted octanol–water partition coefficient (Wildman–Crippen LogP) is 6.38. The van der Waals surface area contributed by atoms with Crippen molar-refractivity contribution in [1.29, 1.82) is 0 Å². The number of rotatable bonds is 12. The molecule has 18 atom stereocenters. The fourth-order valence-corrected chi connectivity index (χ4v) is 10.8. The first kappa shape index (κ1) is 44.2. The molecule has 6 rings (SSSR count). The molecule has 0 bridgehead atoms. The lowest BCUT2D eigenvalue weighted by Crippen LogP contribution is -2.57. The van der Waals surface area contributed by atoms with Crippen LogP contribution >= 0.6 is 0 Å². The van der Waals surface area contributed by atoms with E-state index in [1.807, 2.05) is 58.0 Å². The van der Waals surface area contributed by atoms with E-state index in [1.54, 1.807) is 6.92 Å². The van der Waals surface area contributed by atoms with Gasteiger partial charge in [0.25, 0.3) is 0 Å². The standard InChI is InChI=1S/C44H69NO12/c1-24-20-26(3)44(50,23-52-40(49)45-30(7)31-14-12-11-13-15-31)56-35(24)33-21-25(2)38(53-33)42(9)17-16-34(54-42)41(8)18-19-43(57-41)22-32(46)27(4)37(55-43)28(5)36(51-10)29(6)39(47)48/h11-15,24-30,32-38,46,50H,16-23H2,1-10H3,(H,45,49)(H,47,48)/t24-,25-,26+,27+,28-,29?,30?,32-,33+,34+,35-,36+,37-,38+,41-,42-,43+,44-/m0/s1. The molecular formula is C44H69NO12. The number of carbonyl (C=O) groups is 2. The van der Waals surface area contributed by atoms with Crippen LogP contribution < -0.4 is 5.32 Å². The van der Waals surface area contributed by atoms with Gasteiger partial charge in [0.1, 0.15) is 6.61 Å². The number of aliphatic hydroxyl groups excluding tert-OH is 1. The second-order valence-electron chi connectivity index (χ2n) is 18.9. The first-order chi connectivity index (χ1) is 26.7. The summed E-state index contributed by atoms with van der Waals surface area (Å²) in [7, 11) is 1.52. The SMILES string of the molecule is CO[C@@H](C(C)C(=O)O)[C@H](C)[C@H]1O[C@@]2(CC[C@@](C)([C@H]3CC[C@@](C)([C@@H]4O[C@@H]([C@H]5O[C@@](O)(COC(=O)NC(C)c6ccccc6)[C@H](C)C[C@@H]5C)C[C@@H]4C)O3)O2)C[C@H](O)[C@H]1C. The fraction of sp³-hybridized carbons (Fsp3) is 0.818. The number of hydrogen-bond acceptors (Lipinski definition) is 11. The van der Waals surface area contributed by atoms with Crippen LogP contribution in [-0.4, -0.2) is 107 Å². The molecule has 322 valence electrons. The highest BCUT2D eigenvalue weighted by molar-refractivity contribution is 5.70. The zero-order valence-corrected chi connectivity index (χ0v) is 35.6. The Labute approximate surface area is 338 Å². The minimum atomic E-state index is -1.67. The monoisotopic (exact) mass is 803 g/mol. The van der Waals surface area contributed by atoms with Gasteiger partial charge in [0, 0.05) is 37.7 Å². The predicted molar refractivity (Wildman–Crippen MR) is 210 cm³/mol. The summed E-state index contributed by atoms with van der Waals surface area (Å²) in [5.41, 5.74) is -0.332. The maximum Gasteiger partial charge on any atom is 0.407 e. The minimum absolute atomic E-state index is 0.0989. The highest BCUT2D eigenvalue weighted by Crippen LogP contribution is 2.54. The topological polar surface area (TPSA) is 171 Å². The van der Waals surface area contributed by atoms with Gasteiger partial charge in [0.2, 0.25) is 5.79 Å². The van der Waals surface area contributed by atoms with Crippen LogP contribution in [0.3, 0.4) is 0 Å². The van der Waals surface area contributed by atoms with E-state index < -0.39 is 65.2 Å².